The van der Waals surface area contributed by atoms with E-state index < -0.39 is 10.0 Å². The number of sulfonamides is 1. The largest absolute Gasteiger partial charge is 0.317 e. The molecule has 1 heterocycles. The van der Waals surface area contributed by atoms with Crippen molar-refractivity contribution < 1.29 is 8.42 Å². The molecule has 0 saturated carbocycles. The molecule has 4 nitrogen and oxygen atoms in total. The van der Waals surface area contributed by atoms with Crippen LogP contribution in [0.3, 0.4) is 0 Å². The highest BCUT2D eigenvalue weighted by Crippen LogP contribution is 2.29. The van der Waals surface area contributed by atoms with E-state index >= 15 is 0 Å². The van der Waals surface area contributed by atoms with Crippen LogP contribution in [-0.4, -0.2) is 26.8 Å². The summed E-state index contributed by atoms with van der Waals surface area (Å²) in [7, 11) is -3.26. The summed E-state index contributed by atoms with van der Waals surface area (Å²) in [6.07, 6.45) is 5.81. The molecule has 1 aromatic carbocycles. The molecule has 3 rings (SSSR count). The highest BCUT2D eigenvalue weighted by Gasteiger charge is 2.28. The number of rotatable bonds is 3. The van der Waals surface area contributed by atoms with Crippen LogP contribution in [0.2, 0.25) is 0 Å². The summed E-state index contributed by atoms with van der Waals surface area (Å²) < 4.78 is 27.9. The zero-order valence-electron chi connectivity index (χ0n) is 11.7. The first-order valence-electron chi connectivity index (χ1n) is 7.50. The van der Waals surface area contributed by atoms with Gasteiger partial charge in [0, 0.05) is 0 Å². The Balaban J connectivity index is 1.83. The molecule has 0 aromatic heterocycles. The summed E-state index contributed by atoms with van der Waals surface area (Å²) in [6, 6.07) is 5.99. The Morgan fingerprint density at radius 2 is 1.85 bits per heavy atom. The molecule has 2 N–H and O–H groups in total. The molecule has 0 radical (unpaired) electrons. The van der Waals surface area contributed by atoms with Crippen molar-refractivity contribution in [3.05, 3.63) is 29.3 Å². The van der Waals surface area contributed by atoms with Crippen molar-refractivity contribution in [3.63, 3.8) is 0 Å². The maximum absolute atomic E-state index is 12.5. The molecule has 1 fully saturated rings. The SMILES string of the molecule is O=S(=O)(Nc1cccc2c1CCCC2)C1CCNCC1. The lowest BCUT2D eigenvalue weighted by atomic mass is 9.91. The normalized spacial score (nSPS) is 20.4. The van der Waals surface area contributed by atoms with Crippen LogP contribution < -0.4 is 10.0 Å². The fourth-order valence-electron chi connectivity index (χ4n) is 3.22. The van der Waals surface area contributed by atoms with E-state index in [-0.39, 0.29) is 5.25 Å². The third-order valence-electron chi connectivity index (χ3n) is 4.37. The van der Waals surface area contributed by atoms with E-state index in [1.165, 1.54) is 17.5 Å². The highest BCUT2D eigenvalue weighted by atomic mass is 32.2. The van der Waals surface area contributed by atoms with E-state index in [1.807, 2.05) is 12.1 Å². The van der Waals surface area contributed by atoms with Crippen LogP contribution in [-0.2, 0) is 22.9 Å². The molecule has 0 unspecified atom stereocenters. The van der Waals surface area contributed by atoms with Crippen LogP contribution in [0.15, 0.2) is 18.2 Å². The Morgan fingerprint density at radius 3 is 2.65 bits per heavy atom. The van der Waals surface area contributed by atoms with Gasteiger partial charge in [-0.15, -0.1) is 0 Å². The van der Waals surface area contributed by atoms with E-state index in [0.717, 1.165) is 38.0 Å². The highest BCUT2D eigenvalue weighted by molar-refractivity contribution is 7.93. The Labute approximate surface area is 121 Å². The fraction of sp³-hybridized carbons (Fsp3) is 0.600. The molecule has 0 amide bonds. The lowest BCUT2D eigenvalue weighted by molar-refractivity contribution is 0.499. The molecule has 5 heteroatoms. The maximum Gasteiger partial charge on any atom is 0.235 e. The van der Waals surface area contributed by atoms with Crippen LogP contribution in [0.25, 0.3) is 0 Å². The molecule has 110 valence electrons. The minimum absolute atomic E-state index is 0.261. The van der Waals surface area contributed by atoms with Crippen molar-refractivity contribution >= 4 is 15.7 Å². The summed E-state index contributed by atoms with van der Waals surface area (Å²) in [5.41, 5.74) is 3.32. The molecular weight excluding hydrogens is 272 g/mol. The van der Waals surface area contributed by atoms with E-state index in [9.17, 15) is 8.42 Å². The number of benzene rings is 1. The van der Waals surface area contributed by atoms with Crippen LogP contribution in [0.1, 0.15) is 36.8 Å². The van der Waals surface area contributed by atoms with E-state index in [0.29, 0.717) is 12.8 Å². The number of hydrogen-bond acceptors (Lipinski definition) is 3. The number of aryl methyl sites for hydroxylation is 1. The third-order valence-corrected chi connectivity index (χ3v) is 6.23. The molecular formula is C15H22N2O2S. The summed E-state index contributed by atoms with van der Waals surface area (Å²) in [4.78, 5) is 0. The van der Waals surface area contributed by atoms with E-state index in [2.05, 4.69) is 16.1 Å². The van der Waals surface area contributed by atoms with E-state index in [4.69, 9.17) is 0 Å². The van der Waals surface area contributed by atoms with Gasteiger partial charge in [-0.05, 0) is 68.8 Å². The topological polar surface area (TPSA) is 58.2 Å². The first kappa shape index (κ1) is 13.9. The molecule has 20 heavy (non-hydrogen) atoms. The quantitative estimate of drug-likeness (QED) is 0.897. The van der Waals surface area contributed by atoms with Gasteiger partial charge in [-0.25, -0.2) is 8.42 Å². The van der Waals surface area contributed by atoms with Crippen LogP contribution in [0.4, 0.5) is 5.69 Å². The van der Waals surface area contributed by atoms with Crippen molar-refractivity contribution in [2.45, 2.75) is 43.8 Å². The van der Waals surface area contributed by atoms with Gasteiger partial charge in [0.25, 0.3) is 0 Å². The first-order chi connectivity index (χ1) is 9.67. The molecule has 1 saturated heterocycles. The Hall–Kier alpha value is -1.07. The standard InChI is InChI=1S/C15H22N2O2S/c18-20(19,13-8-10-16-11-9-13)17-15-7-3-5-12-4-1-2-6-14(12)15/h3,5,7,13,16-17H,1-2,4,6,8-11H2. The van der Waals surface area contributed by atoms with Gasteiger partial charge >= 0.3 is 0 Å². The summed E-state index contributed by atoms with van der Waals surface area (Å²) >= 11 is 0. The predicted octanol–water partition coefficient (Wildman–Crippen LogP) is 2.06. The molecule has 0 spiro atoms. The number of piperidine rings is 1. The molecule has 2 aliphatic rings. The van der Waals surface area contributed by atoms with Crippen LogP contribution >= 0.6 is 0 Å². The minimum Gasteiger partial charge on any atom is -0.317 e. The monoisotopic (exact) mass is 294 g/mol. The van der Waals surface area contributed by atoms with Crippen LogP contribution in [0.5, 0.6) is 0 Å². The van der Waals surface area contributed by atoms with Crippen molar-refractivity contribution in [2.75, 3.05) is 17.8 Å². The van der Waals surface area contributed by atoms with Gasteiger partial charge in [0.15, 0.2) is 0 Å². The van der Waals surface area contributed by atoms with Crippen molar-refractivity contribution in [3.8, 4) is 0 Å². The Morgan fingerprint density at radius 1 is 1.10 bits per heavy atom. The first-order valence-corrected chi connectivity index (χ1v) is 9.04. The van der Waals surface area contributed by atoms with Gasteiger partial charge < -0.3 is 5.32 Å². The van der Waals surface area contributed by atoms with Crippen molar-refractivity contribution in [1.82, 2.24) is 5.32 Å². The van der Waals surface area contributed by atoms with Gasteiger partial charge in [0.1, 0.15) is 0 Å². The van der Waals surface area contributed by atoms with Gasteiger partial charge in [-0.3, -0.25) is 4.72 Å². The average Bonchev–Trinajstić information content (AvgIpc) is 2.48. The minimum atomic E-state index is -3.26. The summed E-state index contributed by atoms with van der Waals surface area (Å²) in [6.45, 7) is 1.58. The number of fused-ring (bicyclic) bond motifs is 1. The zero-order chi connectivity index (χ0) is 14.0. The van der Waals surface area contributed by atoms with Gasteiger partial charge in [0.05, 0.1) is 10.9 Å². The molecule has 1 aromatic rings. The fourth-order valence-corrected chi connectivity index (χ4v) is 4.74. The van der Waals surface area contributed by atoms with Gasteiger partial charge in [-0.2, -0.15) is 0 Å². The second-order valence-electron chi connectivity index (χ2n) is 5.75. The second-order valence-corrected chi connectivity index (χ2v) is 7.71. The van der Waals surface area contributed by atoms with Gasteiger partial charge in [0.2, 0.25) is 10.0 Å². The number of anilines is 1. The number of hydrogen-bond donors (Lipinski definition) is 2. The lowest BCUT2D eigenvalue weighted by Crippen LogP contribution is -2.38. The van der Waals surface area contributed by atoms with Crippen molar-refractivity contribution in [2.24, 2.45) is 0 Å². The van der Waals surface area contributed by atoms with Crippen LogP contribution in [0, 0.1) is 0 Å². The zero-order valence-corrected chi connectivity index (χ0v) is 12.5. The average molecular weight is 294 g/mol. The predicted molar refractivity (Wildman–Crippen MR) is 81.5 cm³/mol. The third kappa shape index (κ3) is 2.83. The summed E-state index contributed by atoms with van der Waals surface area (Å²) in [5, 5.41) is 2.95. The van der Waals surface area contributed by atoms with Crippen molar-refractivity contribution in [1.29, 1.82) is 0 Å². The molecule has 0 atom stereocenters. The second kappa shape index (κ2) is 5.74. The maximum atomic E-state index is 12.5. The molecule has 1 aliphatic heterocycles. The molecule has 0 bridgehead atoms. The number of nitrogens with one attached hydrogen (secondary N) is 2. The van der Waals surface area contributed by atoms with E-state index in [1.54, 1.807) is 0 Å². The Bertz CT molecular complexity index is 578. The lowest BCUT2D eigenvalue weighted by Gasteiger charge is -2.25. The smallest absolute Gasteiger partial charge is 0.235 e. The Kier molecular flexibility index (Phi) is 3.98. The summed E-state index contributed by atoms with van der Waals surface area (Å²) in [5.74, 6) is 0. The molecule has 1 aliphatic carbocycles. The van der Waals surface area contributed by atoms with Gasteiger partial charge in [-0.1, -0.05) is 12.1 Å².